The smallest absolute Gasteiger partial charge is 0.0779 e. The van der Waals surface area contributed by atoms with Gasteiger partial charge in [0.05, 0.1) is 22.3 Å². The minimum Gasteiger partial charge on any atom is -0.393 e. The van der Waals surface area contributed by atoms with Gasteiger partial charge in [-0.15, -0.1) is 0 Å². The van der Waals surface area contributed by atoms with E-state index in [0.29, 0.717) is 6.04 Å². The summed E-state index contributed by atoms with van der Waals surface area (Å²) in [4.78, 5) is 0. The van der Waals surface area contributed by atoms with Crippen molar-refractivity contribution in [3.05, 3.63) is 16.9 Å². The minimum atomic E-state index is -0.251. The molecule has 0 aliphatic heterocycles. The molecule has 5 heteroatoms. The first-order valence-electron chi connectivity index (χ1n) is 7.37. The zero-order valence-electron chi connectivity index (χ0n) is 12.9. The van der Waals surface area contributed by atoms with Crippen LogP contribution in [0.4, 0.5) is 0 Å². The summed E-state index contributed by atoms with van der Waals surface area (Å²) in [6.07, 6.45) is 6.82. The van der Waals surface area contributed by atoms with E-state index in [1.54, 1.807) is 0 Å². The molecule has 1 fully saturated rings. The van der Waals surface area contributed by atoms with Crippen LogP contribution in [-0.2, 0) is 5.54 Å². The molecule has 4 nitrogen and oxygen atoms in total. The van der Waals surface area contributed by atoms with Crippen molar-refractivity contribution in [3.8, 4) is 0 Å². The molecule has 0 bridgehead atoms. The van der Waals surface area contributed by atoms with Crippen LogP contribution in [0.3, 0.4) is 0 Å². The maximum Gasteiger partial charge on any atom is 0.0779 e. The lowest BCUT2D eigenvalue weighted by atomic mass is 9.86. The number of nitrogens with one attached hydrogen (secondary N) is 1. The SMILES string of the molecule is CC(O)CC(C)(C)CNC(C)C1(n2cc(Br)cn2)CC1. The number of rotatable bonds is 7. The fraction of sp³-hybridized carbons (Fsp3) is 0.800. The summed E-state index contributed by atoms with van der Waals surface area (Å²) in [5.41, 5.74) is 0.232. The predicted octanol–water partition coefficient (Wildman–Crippen LogP) is 2.91. The van der Waals surface area contributed by atoms with E-state index in [2.05, 4.69) is 58.0 Å². The van der Waals surface area contributed by atoms with E-state index in [-0.39, 0.29) is 17.1 Å². The number of halogens is 1. The van der Waals surface area contributed by atoms with Crippen molar-refractivity contribution >= 4 is 15.9 Å². The highest BCUT2D eigenvalue weighted by molar-refractivity contribution is 9.10. The van der Waals surface area contributed by atoms with E-state index in [1.165, 1.54) is 12.8 Å². The molecule has 114 valence electrons. The number of aliphatic hydroxyl groups is 1. The molecule has 0 radical (unpaired) electrons. The van der Waals surface area contributed by atoms with Gasteiger partial charge in [-0.1, -0.05) is 13.8 Å². The van der Waals surface area contributed by atoms with Crippen molar-refractivity contribution in [1.82, 2.24) is 15.1 Å². The van der Waals surface area contributed by atoms with Gasteiger partial charge in [0.15, 0.2) is 0 Å². The molecule has 2 atom stereocenters. The molecule has 0 aromatic carbocycles. The van der Waals surface area contributed by atoms with Crippen molar-refractivity contribution in [2.45, 2.75) is 64.6 Å². The van der Waals surface area contributed by atoms with Crippen LogP contribution >= 0.6 is 15.9 Å². The Morgan fingerprint density at radius 1 is 1.50 bits per heavy atom. The summed E-state index contributed by atoms with van der Waals surface area (Å²) in [6, 6.07) is 0.377. The first-order chi connectivity index (χ1) is 9.25. The van der Waals surface area contributed by atoms with Crippen LogP contribution in [0.1, 0.15) is 47.0 Å². The van der Waals surface area contributed by atoms with Crippen molar-refractivity contribution < 1.29 is 5.11 Å². The molecule has 0 saturated heterocycles. The van der Waals surface area contributed by atoms with Gasteiger partial charge >= 0.3 is 0 Å². The molecule has 1 heterocycles. The van der Waals surface area contributed by atoms with Crippen LogP contribution in [0.2, 0.25) is 0 Å². The second-order valence-electron chi connectivity index (χ2n) is 7.03. The highest BCUT2D eigenvalue weighted by Gasteiger charge is 2.50. The van der Waals surface area contributed by atoms with Crippen LogP contribution in [0, 0.1) is 5.41 Å². The Hall–Kier alpha value is -0.390. The van der Waals surface area contributed by atoms with Crippen LogP contribution in [0.15, 0.2) is 16.9 Å². The van der Waals surface area contributed by atoms with Crippen LogP contribution in [-0.4, -0.2) is 33.6 Å². The summed E-state index contributed by atoms with van der Waals surface area (Å²) in [6.45, 7) is 9.39. The molecule has 1 aliphatic carbocycles. The van der Waals surface area contributed by atoms with Crippen molar-refractivity contribution in [1.29, 1.82) is 0 Å². The molecular weight excluding hydrogens is 318 g/mol. The fourth-order valence-corrected chi connectivity index (χ4v) is 3.31. The molecule has 0 spiro atoms. The van der Waals surface area contributed by atoms with Gasteiger partial charge in [0.25, 0.3) is 0 Å². The third-order valence-electron chi connectivity index (χ3n) is 4.31. The molecule has 2 rings (SSSR count). The molecule has 1 aromatic rings. The van der Waals surface area contributed by atoms with Gasteiger partial charge in [0.2, 0.25) is 0 Å². The Labute approximate surface area is 130 Å². The van der Waals surface area contributed by atoms with Gasteiger partial charge < -0.3 is 10.4 Å². The largest absolute Gasteiger partial charge is 0.393 e. The third kappa shape index (κ3) is 3.62. The average molecular weight is 344 g/mol. The second kappa shape index (κ2) is 5.78. The Morgan fingerprint density at radius 2 is 2.15 bits per heavy atom. The maximum atomic E-state index is 9.56. The molecular formula is C15H26BrN3O. The molecule has 2 unspecified atom stereocenters. The normalized spacial score (nSPS) is 20.7. The maximum absolute atomic E-state index is 9.56. The topological polar surface area (TPSA) is 50.1 Å². The van der Waals surface area contributed by atoms with Gasteiger partial charge in [-0.2, -0.15) is 5.10 Å². The minimum absolute atomic E-state index is 0.100. The Balaban J connectivity index is 1.94. The van der Waals surface area contributed by atoms with Gasteiger partial charge in [0.1, 0.15) is 0 Å². The third-order valence-corrected chi connectivity index (χ3v) is 4.72. The van der Waals surface area contributed by atoms with Gasteiger partial charge in [-0.25, -0.2) is 0 Å². The van der Waals surface area contributed by atoms with Crippen molar-refractivity contribution in [2.75, 3.05) is 6.54 Å². The van der Waals surface area contributed by atoms with Crippen LogP contribution < -0.4 is 5.32 Å². The summed E-state index contributed by atoms with van der Waals surface area (Å²) in [5, 5.41) is 17.7. The number of aromatic nitrogens is 2. The Morgan fingerprint density at radius 3 is 2.60 bits per heavy atom. The number of hydrogen-bond donors (Lipinski definition) is 2. The zero-order valence-corrected chi connectivity index (χ0v) is 14.4. The lowest BCUT2D eigenvalue weighted by Gasteiger charge is -2.31. The van der Waals surface area contributed by atoms with Crippen molar-refractivity contribution in [2.24, 2.45) is 5.41 Å². The van der Waals surface area contributed by atoms with Gasteiger partial charge in [-0.3, -0.25) is 4.68 Å². The summed E-state index contributed by atoms with van der Waals surface area (Å²) >= 11 is 3.47. The predicted molar refractivity (Wildman–Crippen MR) is 84.7 cm³/mol. The summed E-state index contributed by atoms with van der Waals surface area (Å²) in [5.74, 6) is 0. The molecule has 1 aromatic heterocycles. The first kappa shape index (κ1) is 16.0. The van der Waals surface area contributed by atoms with E-state index in [0.717, 1.165) is 17.4 Å². The fourth-order valence-electron chi connectivity index (χ4n) is 3.02. The lowest BCUT2D eigenvalue weighted by molar-refractivity contribution is 0.124. The Bertz CT molecular complexity index is 452. The van der Waals surface area contributed by atoms with Crippen LogP contribution in [0.5, 0.6) is 0 Å². The standard InChI is InChI=1S/C15H26BrN3O/c1-11(20)7-14(3,4)10-17-12(2)15(5-6-15)19-9-13(16)8-18-19/h8-9,11-12,17,20H,5-7,10H2,1-4H3. The Kier molecular flexibility index (Phi) is 4.62. The molecule has 1 saturated carbocycles. The monoisotopic (exact) mass is 343 g/mol. The van der Waals surface area contributed by atoms with E-state index in [9.17, 15) is 5.11 Å². The second-order valence-corrected chi connectivity index (χ2v) is 7.94. The van der Waals surface area contributed by atoms with Gasteiger partial charge in [-0.05, 0) is 54.5 Å². The molecule has 1 aliphatic rings. The van der Waals surface area contributed by atoms with E-state index in [1.807, 2.05) is 13.1 Å². The lowest BCUT2D eigenvalue weighted by Crippen LogP contribution is -2.45. The number of nitrogens with zero attached hydrogens (tertiary/aromatic N) is 2. The van der Waals surface area contributed by atoms with Crippen LogP contribution in [0.25, 0.3) is 0 Å². The number of hydrogen-bond acceptors (Lipinski definition) is 3. The zero-order chi connectivity index (χ0) is 15.0. The van der Waals surface area contributed by atoms with Gasteiger partial charge in [0, 0.05) is 18.8 Å². The summed E-state index contributed by atoms with van der Waals surface area (Å²) in [7, 11) is 0. The summed E-state index contributed by atoms with van der Waals surface area (Å²) < 4.78 is 3.13. The quantitative estimate of drug-likeness (QED) is 0.800. The highest BCUT2D eigenvalue weighted by atomic mass is 79.9. The van der Waals surface area contributed by atoms with E-state index >= 15 is 0 Å². The van der Waals surface area contributed by atoms with E-state index in [4.69, 9.17) is 0 Å². The molecule has 20 heavy (non-hydrogen) atoms. The number of aliphatic hydroxyl groups excluding tert-OH is 1. The van der Waals surface area contributed by atoms with Crippen molar-refractivity contribution in [3.63, 3.8) is 0 Å². The molecule has 0 amide bonds. The average Bonchev–Trinajstić information content (AvgIpc) is 3.02. The molecule has 2 N–H and O–H groups in total. The first-order valence-corrected chi connectivity index (χ1v) is 8.17. The van der Waals surface area contributed by atoms with E-state index < -0.39 is 0 Å². The highest BCUT2D eigenvalue weighted by Crippen LogP contribution is 2.46.